The molecular formula is C20H30BN3O2. The second-order valence-electron chi connectivity index (χ2n) is 8.97. The standard InChI is InChI=1S/C20H30BN3O2/c1-19(2)20(3,4)26-21(25-19)18-12-16-8-11-24(17(16)13-22-18)14-15-6-9-23(5)10-7-15/h8,11-13,15H,6-7,9-10,14H2,1-5H3. The summed E-state index contributed by atoms with van der Waals surface area (Å²) in [5.41, 5.74) is 1.38. The van der Waals surface area contributed by atoms with Crippen LogP contribution in [0.2, 0.25) is 0 Å². The summed E-state index contributed by atoms with van der Waals surface area (Å²) < 4.78 is 14.6. The van der Waals surface area contributed by atoms with Gasteiger partial charge >= 0.3 is 7.12 Å². The van der Waals surface area contributed by atoms with E-state index < -0.39 is 7.12 Å². The van der Waals surface area contributed by atoms with Crippen LogP contribution in [0.25, 0.3) is 10.9 Å². The van der Waals surface area contributed by atoms with Gasteiger partial charge < -0.3 is 18.8 Å². The molecule has 0 saturated carbocycles. The van der Waals surface area contributed by atoms with Crippen molar-refractivity contribution in [1.29, 1.82) is 0 Å². The molecule has 4 heterocycles. The zero-order valence-electron chi connectivity index (χ0n) is 16.7. The van der Waals surface area contributed by atoms with Crippen molar-refractivity contribution in [2.75, 3.05) is 20.1 Å². The van der Waals surface area contributed by atoms with Gasteiger partial charge in [-0.3, -0.25) is 4.98 Å². The van der Waals surface area contributed by atoms with E-state index in [0.29, 0.717) is 0 Å². The third kappa shape index (κ3) is 3.19. The Bertz CT molecular complexity index is 777. The maximum Gasteiger partial charge on any atom is 0.514 e. The Hall–Kier alpha value is -1.37. The van der Waals surface area contributed by atoms with E-state index >= 15 is 0 Å². The highest BCUT2D eigenvalue weighted by atomic mass is 16.7. The number of piperidine rings is 1. The number of aromatic nitrogens is 2. The fraction of sp³-hybridized carbons (Fsp3) is 0.650. The van der Waals surface area contributed by atoms with E-state index in [0.717, 1.165) is 18.1 Å². The second kappa shape index (κ2) is 6.36. The molecule has 0 unspecified atom stereocenters. The first-order valence-corrected chi connectivity index (χ1v) is 9.74. The summed E-state index contributed by atoms with van der Waals surface area (Å²) >= 11 is 0. The molecule has 0 amide bonds. The van der Waals surface area contributed by atoms with E-state index in [9.17, 15) is 0 Å². The van der Waals surface area contributed by atoms with Crippen LogP contribution in [-0.2, 0) is 15.9 Å². The van der Waals surface area contributed by atoms with Gasteiger partial charge in [-0.1, -0.05) is 0 Å². The molecule has 2 aliphatic heterocycles. The molecule has 26 heavy (non-hydrogen) atoms. The molecule has 4 rings (SSSR count). The van der Waals surface area contributed by atoms with E-state index in [-0.39, 0.29) is 11.2 Å². The molecule has 2 aliphatic rings. The van der Waals surface area contributed by atoms with Crippen molar-refractivity contribution < 1.29 is 9.31 Å². The Morgan fingerprint density at radius 2 is 1.81 bits per heavy atom. The monoisotopic (exact) mass is 355 g/mol. The second-order valence-corrected chi connectivity index (χ2v) is 8.97. The third-order valence-corrected chi connectivity index (χ3v) is 6.47. The number of pyridine rings is 1. The van der Waals surface area contributed by atoms with Crippen LogP contribution in [0.5, 0.6) is 0 Å². The van der Waals surface area contributed by atoms with Crippen molar-refractivity contribution in [2.24, 2.45) is 5.92 Å². The fourth-order valence-electron chi connectivity index (χ4n) is 3.88. The SMILES string of the molecule is CN1CCC(Cn2ccc3cc(B4OC(C)(C)C(C)(C)O4)ncc32)CC1. The lowest BCUT2D eigenvalue weighted by atomic mass is 9.84. The van der Waals surface area contributed by atoms with Gasteiger partial charge in [-0.2, -0.15) is 0 Å². The van der Waals surface area contributed by atoms with E-state index in [2.05, 4.69) is 67.5 Å². The predicted molar refractivity (Wildman–Crippen MR) is 106 cm³/mol. The van der Waals surface area contributed by atoms with Crippen molar-refractivity contribution in [3.63, 3.8) is 0 Å². The molecule has 0 spiro atoms. The summed E-state index contributed by atoms with van der Waals surface area (Å²) in [6.07, 6.45) is 6.72. The van der Waals surface area contributed by atoms with Crippen LogP contribution in [-0.4, -0.2) is 52.9 Å². The van der Waals surface area contributed by atoms with Crippen LogP contribution in [0.3, 0.4) is 0 Å². The van der Waals surface area contributed by atoms with Crippen molar-refractivity contribution >= 4 is 23.6 Å². The first kappa shape index (κ1) is 18.0. The van der Waals surface area contributed by atoms with Gasteiger partial charge in [-0.05, 0) is 78.7 Å². The predicted octanol–water partition coefficient (Wildman–Crippen LogP) is 2.68. The summed E-state index contributed by atoms with van der Waals surface area (Å²) in [6, 6.07) is 4.29. The highest BCUT2D eigenvalue weighted by Gasteiger charge is 2.52. The zero-order valence-corrected chi connectivity index (χ0v) is 16.7. The van der Waals surface area contributed by atoms with Crippen LogP contribution in [0.1, 0.15) is 40.5 Å². The highest BCUT2D eigenvalue weighted by molar-refractivity contribution is 6.61. The third-order valence-electron chi connectivity index (χ3n) is 6.47. The lowest BCUT2D eigenvalue weighted by Gasteiger charge is -2.32. The molecule has 2 aromatic rings. The Morgan fingerprint density at radius 3 is 2.46 bits per heavy atom. The van der Waals surface area contributed by atoms with E-state index in [1.165, 1.54) is 36.8 Å². The van der Waals surface area contributed by atoms with Gasteiger partial charge in [0.05, 0.1) is 28.5 Å². The first-order valence-electron chi connectivity index (χ1n) is 9.74. The van der Waals surface area contributed by atoms with Crippen molar-refractivity contribution in [1.82, 2.24) is 14.5 Å². The lowest BCUT2D eigenvalue weighted by molar-refractivity contribution is 0.00578. The number of nitrogens with zero attached hydrogens (tertiary/aromatic N) is 3. The number of rotatable bonds is 3. The van der Waals surface area contributed by atoms with Crippen molar-refractivity contribution in [3.8, 4) is 0 Å². The Balaban J connectivity index is 1.53. The highest BCUT2D eigenvalue weighted by Crippen LogP contribution is 2.36. The summed E-state index contributed by atoms with van der Waals surface area (Å²) in [7, 11) is 1.81. The summed E-state index contributed by atoms with van der Waals surface area (Å²) in [5, 5.41) is 1.21. The molecule has 0 aromatic carbocycles. The van der Waals surface area contributed by atoms with Gasteiger partial charge in [0, 0.05) is 18.1 Å². The van der Waals surface area contributed by atoms with Gasteiger partial charge in [0.25, 0.3) is 0 Å². The van der Waals surface area contributed by atoms with Gasteiger partial charge in [-0.15, -0.1) is 0 Å². The zero-order chi connectivity index (χ0) is 18.5. The molecular weight excluding hydrogens is 325 g/mol. The quantitative estimate of drug-likeness (QED) is 0.794. The fourth-order valence-corrected chi connectivity index (χ4v) is 3.88. The maximum atomic E-state index is 6.14. The molecule has 140 valence electrons. The smallest absolute Gasteiger partial charge is 0.398 e. The minimum atomic E-state index is -0.401. The number of hydrogen-bond donors (Lipinski definition) is 0. The Kier molecular flexibility index (Phi) is 4.41. The van der Waals surface area contributed by atoms with Crippen molar-refractivity contribution in [2.45, 2.75) is 58.3 Å². The number of fused-ring (bicyclic) bond motifs is 1. The number of hydrogen-bond acceptors (Lipinski definition) is 4. The van der Waals surface area contributed by atoms with E-state index in [4.69, 9.17) is 9.31 Å². The molecule has 6 heteroatoms. The Labute approximate surface area is 156 Å². The topological polar surface area (TPSA) is 39.5 Å². The normalized spacial score (nSPS) is 23.8. The van der Waals surface area contributed by atoms with Crippen molar-refractivity contribution in [3.05, 3.63) is 24.5 Å². The minimum absolute atomic E-state index is 0.339. The van der Waals surface area contributed by atoms with Gasteiger partial charge in [0.1, 0.15) is 0 Å². The maximum absolute atomic E-state index is 6.14. The Morgan fingerprint density at radius 1 is 1.15 bits per heavy atom. The summed E-state index contributed by atoms with van der Waals surface area (Å²) in [6.45, 7) is 11.8. The van der Waals surface area contributed by atoms with Crippen LogP contribution < -0.4 is 5.59 Å². The molecule has 0 N–H and O–H groups in total. The summed E-state index contributed by atoms with van der Waals surface area (Å²) in [5.74, 6) is 0.754. The first-order chi connectivity index (χ1) is 12.2. The van der Waals surface area contributed by atoms with Gasteiger partial charge in [-0.25, -0.2) is 0 Å². The minimum Gasteiger partial charge on any atom is -0.398 e. The lowest BCUT2D eigenvalue weighted by Crippen LogP contribution is -2.41. The van der Waals surface area contributed by atoms with Crippen LogP contribution in [0, 0.1) is 5.92 Å². The van der Waals surface area contributed by atoms with Crippen LogP contribution >= 0.6 is 0 Å². The van der Waals surface area contributed by atoms with E-state index in [1.807, 2.05) is 6.20 Å². The van der Waals surface area contributed by atoms with E-state index in [1.54, 1.807) is 0 Å². The molecule has 2 saturated heterocycles. The average Bonchev–Trinajstić information content (AvgIpc) is 3.07. The number of likely N-dealkylation sites (tertiary alicyclic amines) is 1. The molecule has 5 nitrogen and oxygen atoms in total. The van der Waals surface area contributed by atoms with Gasteiger partial charge in [0.2, 0.25) is 0 Å². The van der Waals surface area contributed by atoms with Crippen LogP contribution in [0.4, 0.5) is 0 Å². The molecule has 0 radical (unpaired) electrons. The molecule has 0 atom stereocenters. The molecule has 2 fully saturated rings. The molecule has 0 bridgehead atoms. The van der Waals surface area contributed by atoms with Gasteiger partial charge in [0.15, 0.2) is 0 Å². The molecule has 0 aliphatic carbocycles. The summed E-state index contributed by atoms with van der Waals surface area (Å²) in [4.78, 5) is 7.10. The van der Waals surface area contributed by atoms with Crippen LogP contribution in [0.15, 0.2) is 24.5 Å². The largest absolute Gasteiger partial charge is 0.514 e. The average molecular weight is 355 g/mol. The molecule has 2 aromatic heterocycles.